The molecule has 3 amide bonds. The molecule has 0 saturated carbocycles. The van der Waals surface area contributed by atoms with E-state index in [0.717, 1.165) is 98.8 Å². The summed E-state index contributed by atoms with van der Waals surface area (Å²) >= 11 is 0. The standard InChI is InChI=1S/C49H56N8O5/c1-8-9-10-13-30(4)44(55(5)6)48(59)57-23-11-14-39(57)45-50-27-37(51-45)35-19-18-31-24-32(16-17-33(31)25-35)34-20-21-36-41(26-34)62-28-38-43(36)53-46(52-38)40-15-12-22-56(40)47(58)42(29(2)3)54-49(60)61-7/h8-10,13,16-21,24-27,29,39-40,42,44H,4,11-12,14-15,22-23,28H2,1-3,5-7H3,(H,50,51)(H,52,53)(H,54,60)/b9-8-,13-10-/t39-,40-,42-,44+/m0/s1. The number of nitrogens with one attached hydrogen (secondary N) is 3. The quantitative estimate of drug-likeness (QED) is 0.106. The van der Waals surface area contributed by atoms with E-state index in [2.05, 4.69) is 76.5 Å². The van der Waals surface area contributed by atoms with Crippen LogP contribution >= 0.6 is 0 Å². The van der Waals surface area contributed by atoms with Crippen molar-refractivity contribution in [3.05, 3.63) is 115 Å². The molecule has 0 spiro atoms. The highest BCUT2D eigenvalue weighted by Crippen LogP contribution is 2.42. The van der Waals surface area contributed by atoms with Crippen LogP contribution in [0.5, 0.6) is 5.75 Å². The third kappa shape index (κ3) is 8.28. The Hall–Kier alpha value is -6.47. The number of carbonyl (C=O) groups is 3. The zero-order chi connectivity index (χ0) is 43.7. The smallest absolute Gasteiger partial charge is 0.407 e. The summed E-state index contributed by atoms with van der Waals surface area (Å²) in [4.78, 5) is 62.3. The number of likely N-dealkylation sites (tertiary alicyclic amines) is 2. The maximum Gasteiger partial charge on any atom is 0.407 e. The van der Waals surface area contributed by atoms with Gasteiger partial charge in [-0.2, -0.15) is 0 Å². The van der Waals surface area contributed by atoms with E-state index in [1.54, 1.807) is 0 Å². The molecule has 2 saturated heterocycles. The first-order chi connectivity index (χ1) is 29.9. The van der Waals surface area contributed by atoms with Crippen molar-refractivity contribution < 1.29 is 23.9 Å². The monoisotopic (exact) mass is 836 g/mol. The molecule has 3 aromatic carbocycles. The van der Waals surface area contributed by atoms with Gasteiger partial charge in [0.05, 0.1) is 42.5 Å². The number of methoxy groups -OCH3 is 1. The second kappa shape index (κ2) is 17.9. The summed E-state index contributed by atoms with van der Waals surface area (Å²) in [7, 11) is 5.13. The fourth-order valence-corrected chi connectivity index (χ4v) is 9.08. The summed E-state index contributed by atoms with van der Waals surface area (Å²) in [5.74, 6) is 2.05. The van der Waals surface area contributed by atoms with Gasteiger partial charge in [0, 0.05) is 24.2 Å². The van der Waals surface area contributed by atoms with Crippen LogP contribution in [0.15, 0.2) is 97.3 Å². The molecule has 4 atom stereocenters. The molecule has 13 nitrogen and oxygen atoms in total. The van der Waals surface area contributed by atoms with Gasteiger partial charge in [0.1, 0.15) is 36.1 Å². The van der Waals surface area contributed by atoms with E-state index >= 15 is 0 Å². The van der Waals surface area contributed by atoms with Crippen molar-refractivity contribution in [3.63, 3.8) is 0 Å². The molecule has 0 radical (unpaired) electrons. The predicted octanol–water partition coefficient (Wildman–Crippen LogP) is 8.51. The van der Waals surface area contributed by atoms with Gasteiger partial charge < -0.3 is 34.6 Å². The highest BCUT2D eigenvalue weighted by Gasteiger charge is 2.39. The number of hydrogen-bond acceptors (Lipinski definition) is 8. The molecule has 2 aromatic heterocycles. The molecule has 0 bridgehead atoms. The molecule has 2 fully saturated rings. The molecule has 3 aliphatic rings. The number of aromatic nitrogens is 4. The number of fused-ring (bicyclic) bond motifs is 4. The van der Waals surface area contributed by atoms with Gasteiger partial charge in [-0.1, -0.05) is 75.1 Å². The zero-order valence-corrected chi connectivity index (χ0v) is 36.4. The molecule has 0 aliphatic carbocycles. The molecular weight excluding hydrogens is 781 g/mol. The number of ether oxygens (including phenoxy) is 2. The fraction of sp³-hybridized carbons (Fsp3) is 0.367. The molecule has 3 aliphatic heterocycles. The van der Waals surface area contributed by atoms with Gasteiger partial charge >= 0.3 is 6.09 Å². The number of benzene rings is 3. The molecule has 3 N–H and O–H groups in total. The van der Waals surface area contributed by atoms with Crippen LogP contribution < -0.4 is 10.1 Å². The van der Waals surface area contributed by atoms with E-state index in [0.29, 0.717) is 19.7 Å². The first kappa shape index (κ1) is 42.2. The van der Waals surface area contributed by atoms with Crippen molar-refractivity contribution in [3.8, 4) is 39.4 Å². The van der Waals surface area contributed by atoms with Crippen LogP contribution in [-0.4, -0.2) is 98.9 Å². The lowest BCUT2D eigenvalue weighted by atomic mass is 9.97. The Morgan fingerprint density at radius 1 is 0.903 bits per heavy atom. The highest BCUT2D eigenvalue weighted by atomic mass is 16.5. The molecule has 8 rings (SSSR count). The van der Waals surface area contributed by atoms with Crippen LogP contribution in [-0.2, 0) is 20.9 Å². The fourth-order valence-electron chi connectivity index (χ4n) is 9.08. The minimum Gasteiger partial charge on any atom is -0.487 e. The second-order valence-electron chi connectivity index (χ2n) is 17.0. The lowest BCUT2D eigenvalue weighted by Gasteiger charge is -2.31. The maximum atomic E-state index is 14.0. The van der Waals surface area contributed by atoms with Crippen molar-refractivity contribution >= 4 is 28.7 Å². The number of rotatable bonds is 12. The number of imidazole rings is 2. The third-order valence-corrected chi connectivity index (χ3v) is 12.3. The van der Waals surface area contributed by atoms with Gasteiger partial charge in [0.2, 0.25) is 11.8 Å². The van der Waals surface area contributed by atoms with E-state index in [-0.39, 0.29) is 29.8 Å². The second-order valence-corrected chi connectivity index (χ2v) is 17.0. The zero-order valence-electron chi connectivity index (χ0n) is 36.4. The summed E-state index contributed by atoms with van der Waals surface area (Å²) in [5.41, 5.74) is 7.38. The molecule has 0 unspecified atom stereocenters. The summed E-state index contributed by atoms with van der Waals surface area (Å²) in [6, 6.07) is 17.6. The van der Waals surface area contributed by atoms with Gasteiger partial charge in [0.25, 0.3) is 0 Å². The van der Waals surface area contributed by atoms with Crippen molar-refractivity contribution in [1.29, 1.82) is 0 Å². The van der Waals surface area contributed by atoms with Gasteiger partial charge in [-0.15, -0.1) is 0 Å². The number of nitrogens with zero attached hydrogens (tertiary/aromatic N) is 5. The van der Waals surface area contributed by atoms with Crippen molar-refractivity contribution in [1.82, 2.24) is 40.0 Å². The van der Waals surface area contributed by atoms with E-state index in [1.165, 1.54) is 7.11 Å². The largest absolute Gasteiger partial charge is 0.487 e. The number of H-pyrrole nitrogens is 2. The van der Waals surface area contributed by atoms with Crippen LogP contribution in [0, 0.1) is 5.92 Å². The van der Waals surface area contributed by atoms with Crippen molar-refractivity contribution in [2.45, 2.75) is 77.2 Å². The minimum atomic E-state index is -0.700. The Bertz CT molecular complexity index is 2570. The molecule has 322 valence electrons. The average molecular weight is 837 g/mol. The van der Waals surface area contributed by atoms with Crippen LogP contribution in [0.4, 0.5) is 4.79 Å². The summed E-state index contributed by atoms with van der Waals surface area (Å²) in [5, 5.41) is 4.92. The Kier molecular flexibility index (Phi) is 12.2. The molecule has 5 aromatic rings. The Morgan fingerprint density at radius 2 is 1.56 bits per heavy atom. The summed E-state index contributed by atoms with van der Waals surface area (Å²) in [6.45, 7) is 11.6. The number of amides is 3. The Morgan fingerprint density at radius 3 is 2.26 bits per heavy atom. The van der Waals surface area contributed by atoms with Gasteiger partial charge in [-0.3, -0.25) is 14.5 Å². The van der Waals surface area contributed by atoms with E-state index in [4.69, 9.17) is 19.4 Å². The highest BCUT2D eigenvalue weighted by molar-refractivity contribution is 5.91. The van der Waals surface area contributed by atoms with Crippen LogP contribution in [0.1, 0.15) is 75.9 Å². The van der Waals surface area contributed by atoms with Gasteiger partial charge in [-0.05, 0) is 104 Å². The molecular formula is C49H56N8O5. The Labute approximate surface area is 362 Å². The number of allylic oxidation sites excluding steroid dienone is 3. The molecule has 5 heterocycles. The van der Waals surface area contributed by atoms with E-state index in [9.17, 15) is 14.4 Å². The van der Waals surface area contributed by atoms with Crippen LogP contribution in [0.3, 0.4) is 0 Å². The third-order valence-electron chi connectivity index (χ3n) is 12.3. The first-order valence-electron chi connectivity index (χ1n) is 21.5. The summed E-state index contributed by atoms with van der Waals surface area (Å²) in [6.07, 6.45) is 12.3. The van der Waals surface area contributed by atoms with Crippen LogP contribution in [0.2, 0.25) is 0 Å². The molecule has 13 heteroatoms. The number of aromatic amines is 2. The number of hydrogen-bond donors (Lipinski definition) is 3. The van der Waals surface area contributed by atoms with Crippen molar-refractivity contribution in [2.24, 2.45) is 5.92 Å². The Balaban J connectivity index is 0.974. The molecule has 62 heavy (non-hydrogen) atoms. The number of alkyl carbamates (subject to hydrolysis) is 1. The average Bonchev–Trinajstić information content (AvgIpc) is 4.11. The first-order valence-corrected chi connectivity index (χ1v) is 21.5. The van der Waals surface area contributed by atoms with Crippen LogP contribution in [0.25, 0.3) is 44.4 Å². The topological polar surface area (TPSA) is 149 Å². The number of likely N-dealkylation sites (N-methyl/N-ethyl adjacent to an activating group) is 1. The lowest BCUT2D eigenvalue weighted by molar-refractivity contribution is -0.136. The van der Waals surface area contributed by atoms with E-state index < -0.39 is 18.2 Å². The predicted molar refractivity (Wildman–Crippen MR) is 241 cm³/mol. The maximum absolute atomic E-state index is 14.0. The normalized spacial score (nSPS) is 18.4. The minimum absolute atomic E-state index is 0.0338. The SMILES string of the molecule is C=C(/C=C\C=C/C)[C@H](C(=O)N1CCC[C@H]1c1ncc(-c2ccc3cc(-c4ccc5c(c4)OCc4[nH]c([C@@H]6CCCN6C(=O)[C@@H](NC(=O)OC)C(C)C)nc4-5)ccc3c2)[nH]1)N(C)C. The van der Waals surface area contributed by atoms with E-state index in [1.807, 2.05) is 80.1 Å². The van der Waals surface area contributed by atoms with Gasteiger partial charge in [-0.25, -0.2) is 14.8 Å². The van der Waals surface area contributed by atoms with Crippen molar-refractivity contribution in [2.75, 3.05) is 34.3 Å². The number of carbonyl (C=O) groups excluding carboxylic acids is 3. The summed E-state index contributed by atoms with van der Waals surface area (Å²) < 4.78 is 11.1. The lowest BCUT2D eigenvalue weighted by Crippen LogP contribution is -2.51. The van der Waals surface area contributed by atoms with Gasteiger partial charge in [0.15, 0.2) is 0 Å².